The Kier molecular flexibility index (Phi) is 5.99. The summed E-state index contributed by atoms with van der Waals surface area (Å²) in [6.45, 7) is 3.28. The lowest BCUT2D eigenvalue weighted by Crippen LogP contribution is -2.19. The van der Waals surface area contributed by atoms with Crippen molar-refractivity contribution in [3.63, 3.8) is 0 Å². The molecule has 110 valence electrons. The number of methoxy groups -OCH3 is 1. The molecule has 1 unspecified atom stereocenters. The number of hydrogen-bond donors (Lipinski definition) is 3. The normalized spacial score (nSPS) is 11.6. The summed E-state index contributed by atoms with van der Waals surface area (Å²) in [6, 6.07) is 5.05. The maximum Gasteiger partial charge on any atom is 0.224 e. The molecule has 1 aromatic rings. The third-order valence-electron chi connectivity index (χ3n) is 2.62. The average Bonchev–Trinajstić information content (AvgIpc) is 2.37. The minimum absolute atomic E-state index is 0.00238. The molecular weight excluding hydrogens is 258 g/mol. The average molecular weight is 279 g/mol. The maximum atomic E-state index is 11.7. The van der Waals surface area contributed by atoms with E-state index in [2.05, 4.69) is 10.6 Å². The van der Waals surface area contributed by atoms with Crippen molar-refractivity contribution in [3.05, 3.63) is 18.2 Å². The third-order valence-corrected chi connectivity index (χ3v) is 2.62. The van der Waals surface area contributed by atoms with Crippen LogP contribution < -0.4 is 21.1 Å². The molecule has 0 heterocycles. The molecule has 4 N–H and O–H groups in total. The van der Waals surface area contributed by atoms with E-state index in [0.717, 1.165) is 0 Å². The topological polar surface area (TPSA) is 93.4 Å². The van der Waals surface area contributed by atoms with Crippen molar-refractivity contribution < 1.29 is 14.3 Å². The Balaban J connectivity index is 2.72. The summed E-state index contributed by atoms with van der Waals surface area (Å²) in [5.74, 6) is 0.207. The number of nitrogens with two attached hydrogens (primary N) is 1. The van der Waals surface area contributed by atoms with Gasteiger partial charge in [-0.05, 0) is 25.5 Å². The Labute approximate surface area is 118 Å². The zero-order chi connectivity index (χ0) is 15.1. The van der Waals surface area contributed by atoms with E-state index in [-0.39, 0.29) is 17.9 Å². The SMILES string of the molecule is COc1cc(NC(=O)CCC(C)N)ccc1NC(C)=O. The van der Waals surface area contributed by atoms with Crippen LogP contribution in [0.4, 0.5) is 11.4 Å². The first-order chi connectivity index (χ1) is 9.42. The molecule has 0 fully saturated rings. The maximum absolute atomic E-state index is 11.7. The number of rotatable bonds is 6. The highest BCUT2D eigenvalue weighted by molar-refractivity contribution is 5.93. The van der Waals surface area contributed by atoms with E-state index in [1.807, 2.05) is 6.92 Å². The largest absolute Gasteiger partial charge is 0.494 e. The standard InChI is InChI=1S/C14H21N3O3/c1-9(15)4-7-14(19)17-11-5-6-12(16-10(2)18)13(8-11)20-3/h5-6,8-9H,4,7,15H2,1-3H3,(H,16,18)(H,17,19). The summed E-state index contributed by atoms with van der Waals surface area (Å²) in [5, 5.41) is 5.42. The number of carbonyl (C=O) groups excluding carboxylic acids is 2. The molecule has 6 nitrogen and oxygen atoms in total. The minimum Gasteiger partial charge on any atom is -0.494 e. The predicted octanol–water partition coefficient (Wildman–Crippen LogP) is 1.72. The second-order valence-corrected chi connectivity index (χ2v) is 4.66. The van der Waals surface area contributed by atoms with Gasteiger partial charge in [-0.3, -0.25) is 9.59 Å². The van der Waals surface area contributed by atoms with E-state index in [0.29, 0.717) is 30.0 Å². The van der Waals surface area contributed by atoms with Crippen LogP contribution in [0.1, 0.15) is 26.7 Å². The molecule has 2 amide bonds. The van der Waals surface area contributed by atoms with E-state index >= 15 is 0 Å². The molecule has 0 aliphatic rings. The van der Waals surface area contributed by atoms with Crippen LogP contribution in [-0.2, 0) is 9.59 Å². The van der Waals surface area contributed by atoms with Crippen LogP contribution in [0.2, 0.25) is 0 Å². The van der Waals surface area contributed by atoms with Gasteiger partial charge in [-0.2, -0.15) is 0 Å². The zero-order valence-electron chi connectivity index (χ0n) is 12.0. The van der Waals surface area contributed by atoms with Gasteiger partial charge in [0.2, 0.25) is 11.8 Å². The van der Waals surface area contributed by atoms with Crippen LogP contribution in [0.3, 0.4) is 0 Å². The molecule has 0 radical (unpaired) electrons. The van der Waals surface area contributed by atoms with Crippen LogP contribution in [0, 0.1) is 0 Å². The fourth-order valence-corrected chi connectivity index (χ4v) is 1.64. The first kappa shape index (κ1) is 16.0. The van der Waals surface area contributed by atoms with Gasteiger partial charge in [0.05, 0.1) is 12.8 Å². The molecular formula is C14H21N3O3. The van der Waals surface area contributed by atoms with E-state index in [4.69, 9.17) is 10.5 Å². The van der Waals surface area contributed by atoms with E-state index in [1.54, 1.807) is 18.2 Å². The van der Waals surface area contributed by atoms with Crippen molar-refractivity contribution in [2.75, 3.05) is 17.7 Å². The van der Waals surface area contributed by atoms with Crippen LogP contribution >= 0.6 is 0 Å². The molecule has 0 aromatic heterocycles. The monoisotopic (exact) mass is 279 g/mol. The number of anilines is 2. The van der Waals surface area contributed by atoms with Crippen molar-refractivity contribution in [1.82, 2.24) is 0 Å². The van der Waals surface area contributed by atoms with Gasteiger partial charge in [-0.15, -0.1) is 0 Å². The molecule has 1 atom stereocenters. The molecule has 0 aliphatic carbocycles. The molecule has 0 saturated carbocycles. The van der Waals surface area contributed by atoms with Crippen LogP contribution in [-0.4, -0.2) is 25.0 Å². The third kappa shape index (κ3) is 5.27. The van der Waals surface area contributed by atoms with Crippen molar-refractivity contribution >= 4 is 23.2 Å². The van der Waals surface area contributed by atoms with Gasteiger partial charge in [0.15, 0.2) is 0 Å². The van der Waals surface area contributed by atoms with Crippen LogP contribution in [0.5, 0.6) is 5.75 Å². The fraction of sp³-hybridized carbons (Fsp3) is 0.429. The quantitative estimate of drug-likeness (QED) is 0.739. The molecule has 6 heteroatoms. The smallest absolute Gasteiger partial charge is 0.224 e. The Morgan fingerprint density at radius 3 is 2.60 bits per heavy atom. The van der Waals surface area contributed by atoms with Gasteiger partial charge in [-0.25, -0.2) is 0 Å². The first-order valence-electron chi connectivity index (χ1n) is 6.43. The number of carbonyl (C=O) groups is 2. The van der Waals surface area contributed by atoms with Crippen molar-refractivity contribution in [1.29, 1.82) is 0 Å². The summed E-state index contributed by atoms with van der Waals surface area (Å²) in [4.78, 5) is 22.7. The lowest BCUT2D eigenvalue weighted by Gasteiger charge is -2.12. The molecule has 0 aliphatic heterocycles. The van der Waals surface area contributed by atoms with Gasteiger partial charge in [0.1, 0.15) is 5.75 Å². The Hall–Kier alpha value is -2.08. The van der Waals surface area contributed by atoms with E-state index in [9.17, 15) is 9.59 Å². The molecule has 0 spiro atoms. The van der Waals surface area contributed by atoms with Gasteiger partial charge in [0.25, 0.3) is 0 Å². The van der Waals surface area contributed by atoms with Gasteiger partial charge in [-0.1, -0.05) is 0 Å². The Morgan fingerprint density at radius 2 is 2.05 bits per heavy atom. The van der Waals surface area contributed by atoms with Crippen molar-refractivity contribution in [3.8, 4) is 5.75 Å². The highest BCUT2D eigenvalue weighted by Crippen LogP contribution is 2.28. The molecule has 20 heavy (non-hydrogen) atoms. The highest BCUT2D eigenvalue weighted by Gasteiger charge is 2.08. The molecule has 0 saturated heterocycles. The number of nitrogens with one attached hydrogen (secondary N) is 2. The lowest BCUT2D eigenvalue weighted by atomic mass is 10.2. The minimum atomic E-state index is -0.183. The van der Waals surface area contributed by atoms with Crippen molar-refractivity contribution in [2.24, 2.45) is 5.73 Å². The second-order valence-electron chi connectivity index (χ2n) is 4.66. The highest BCUT2D eigenvalue weighted by atomic mass is 16.5. The number of benzene rings is 1. The lowest BCUT2D eigenvalue weighted by molar-refractivity contribution is -0.116. The van der Waals surface area contributed by atoms with Gasteiger partial charge in [0, 0.05) is 31.1 Å². The van der Waals surface area contributed by atoms with Crippen LogP contribution in [0.15, 0.2) is 18.2 Å². The number of ether oxygens (including phenoxy) is 1. The van der Waals surface area contributed by atoms with Crippen molar-refractivity contribution in [2.45, 2.75) is 32.7 Å². The number of hydrogen-bond acceptors (Lipinski definition) is 4. The second kappa shape index (κ2) is 7.49. The van der Waals surface area contributed by atoms with Gasteiger partial charge < -0.3 is 21.1 Å². The molecule has 1 aromatic carbocycles. The summed E-state index contributed by atoms with van der Waals surface area (Å²) < 4.78 is 5.18. The Morgan fingerprint density at radius 1 is 1.35 bits per heavy atom. The van der Waals surface area contributed by atoms with Gasteiger partial charge >= 0.3 is 0 Å². The first-order valence-corrected chi connectivity index (χ1v) is 6.43. The summed E-state index contributed by atoms with van der Waals surface area (Å²) >= 11 is 0. The van der Waals surface area contributed by atoms with Crippen LogP contribution in [0.25, 0.3) is 0 Å². The summed E-state index contributed by atoms with van der Waals surface area (Å²) in [6.07, 6.45) is 1.00. The molecule has 1 rings (SSSR count). The van der Waals surface area contributed by atoms with E-state index in [1.165, 1.54) is 14.0 Å². The Bertz CT molecular complexity index is 487. The zero-order valence-corrected chi connectivity index (χ0v) is 12.0. The van der Waals surface area contributed by atoms with E-state index < -0.39 is 0 Å². The molecule has 0 bridgehead atoms. The summed E-state index contributed by atoms with van der Waals surface area (Å²) in [7, 11) is 1.50. The number of amides is 2. The fourth-order valence-electron chi connectivity index (χ4n) is 1.64. The summed E-state index contributed by atoms with van der Waals surface area (Å²) in [5.41, 5.74) is 6.79. The predicted molar refractivity (Wildman–Crippen MR) is 78.8 cm³/mol.